The van der Waals surface area contributed by atoms with E-state index in [-0.39, 0.29) is 11.9 Å². The number of carbonyl (C=O) groups is 1. The lowest BCUT2D eigenvalue weighted by Crippen LogP contribution is -2.50. The van der Waals surface area contributed by atoms with E-state index >= 15 is 0 Å². The molecule has 1 saturated heterocycles. The number of piperidine rings is 1. The van der Waals surface area contributed by atoms with Crippen LogP contribution in [0.5, 0.6) is 0 Å². The van der Waals surface area contributed by atoms with Crippen molar-refractivity contribution in [1.82, 2.24) is 10.2 Å². The van der Waals surface area contributed by atoms with Crippen LogP contribution in [0.2, 0.25) is 5.02 Å². The highest BCUT2D eigenvalue weighted by molar-refractivity contribution is 6.30. The maximum atomic E-state index is 12.5. The Hall–Kier alpha value is -1.06. The topological polar surface area (TPSA) is 32.3 Å². The van der Waals surface area contributed by atoms with Crippen molar-refractivity contribution in [1.29, 1.82) is 0 Å². The second-order valence-corrected chi connectivity index (χ2v) is 7.50. The van der Waals surface area contributed by atoms with Crippen molar-refractivity contribution < 1.29 is 4.79 Å². The number of amides is 1. The van der Waals surface area contributed by atoms with Crippen molar-refractivity contribution >= 4 is 17.5 Å². The third kappa shape index (κ3) is 4.27. The van der Waals surface area contributed by atoms with Gasteiger partial charge in [0.2, 0.25) is 5.91 Å². The Morgan fingerprint density at radius 3 is 2.70 bits per heavy atom. The van der Waals surface area contributed by atoms with Crippen molar-refractivity contribution in [2.24, 2.45) is 5.92 Å². The summed E-state index contributed by atoms with van der Waals surface area (Å²) in [5, 5.41) is 3.86. The third-order valence-electron chi connectivity index (χ3n) is 5.45. The molecule has 0 radical (unpaired) electrons. The van der Waals surface area contributed by atoms with E-state index in [4.69, 9.17) is 11.6 Å². The van der Waals surface area contributed by atoms with Gasteiger partial charge in [-0.15, -0.1) is 0 Å². The lowest BCUT2D eigenvalue weighted by molar-refractivity contribution is -0.124. The molecule has 2 aliphatic rings. The van der Waals surface area contributed by atoms with Crippen LogP contribution in [0.15, 0.2) is 24.3 Å². The van der Waals surface area contributed by atoms with E-state index in [0.29, 0.717) is 12.6 Å². The van der Waals surface area contributed by atoms with Crippen molar-refractivity contribution in [2.75, 3.05) is 13.1 Å². The van der Waals surface area contributed by atoms with Crippen LogP contribution in [0.3, 0.4) is 0 Å². The average molecular weight is 335 g/mol. The fraction of sp³-hybridized carbons (Fsp3) is 0.632. The summed E-state index contributed by atoms with van der Waals surface area (Å²) < 4.78 is 0. The first-order valence-corrected chi connectivity index (χ1v) is 9.30. The highest BCUT2D eigenvalue weighted by atomic mass is 35.5. The van der Waals surface area contributed by atoms with Gasteiger partial charge >= 0.3 is 0 Å². The number of hydrogen-bond donors (Lipinski definition) is 1. The lowest BCUT2D eigenvalue weighted by atomic mass is 9.78. The number of benzene rings is 1. The van der Waals surface area contributed by atoms with Gasteiger partial charge in [-0.3, -0.25) is 9.69 Å². The summed E-state index contributed by atoms with van der Waals surface area (Å²) in [6.45, 7) is 3.64. The fourth-order valence-electron chi connectivity index (χ4n) is 4.23. The molecule has 1 aliphatic carbocycles. The Morgan fingerprint density at radius 1 is 1.22 bits per heavy atom. The standard InChI is InChI=1S/C19H27ClN2O/c1-14(15-8-10-17(20)11-9-15)21-19(23)13-22-12-4-6-16-5-2-3-7-18(16)22/h8-11,14,16,18H,2-7,12-13H2,1H3,(H,21,23)/t14-,16+,18-/m0/s1. The molecule has 1 heterocycles. The SMILES string of the molecule is C[C@H](NC(=O)CN1CCC[C@H]2CCCC[C@@H]21)c1ccc(Cl)cc1. The van der Waals surface area contributed by atoms with Crippen LogP contribution >= 0.6 is 11.6 Å². The molecule has 1 saturated carbocycles. The van der Waals surface area contributed by atoms with Crippen LogP contribution in [-0.4, -0.2) is 29.9 Å². The van der Waals surface area contributed by atoms with Crippen LogP contribution in [0.25, 0.3) is 0 Å². The third-order valence-corrected chi connectivity index (χ3v) is 5.70. The Balaban J connectivity index is 1.55. The summed E-state index contributed by atoms with van der Waals surface area (Å²) in [7, 11) is 0. The quantitative estimate of drug-likeness (QED) is 0.896. The van der Waals surface area contributed by atoms with Crippen LogP contribution in [0.4, 0.5) is 0 Å². The smallest absolute Gasteiger partial charge is 0.234 e. The molecule has 2 fully saturated rings. The van der Waals surface area contributed by atoms with Gasteiger partial charge in [-0.2, -0.15) is 0 Å². The molecule has 3 rings (SSSR count). The number of hydrogen-bond acceptors (Lipinski definition) is 2. The summed E-state index contributed by atoms with van der Waals surface area (Å²) in [5.41, 5.74) is 1.09. The Bertz CT molecular complexity index is 529. The van der Waals surface area contributed by atoms with Crippen molar-refractivity contribution in [3.8, 4) is 0 Å². The molecule has 0 spiro atoms. The molecule has 1 aromatic carbocycles. The summed E-state index contributed by atoms with van der Waals surface area (Å²) >= 11 is 5.92. The normalized spacial score (nSPS) is 26.3. The minimum Gasteiger partial charge on any atom is -0.348 e. The molecule has 4 heteroatoms. The van der Waals surface area contributed by atoms with E-state index in [1.807, 2.05) is 31.2 Å². The molecule has 0 unspecified atom stereocenters. The first kappa shape index (κ1) is 16.8. The number of carbonyl (C=O) groups excluding carboxylic acids is 1. The molecule has 23 heavy (non-hydrogen) atoms. The molecule has 1 aromatic rings. The highest BCUT2D eigenvalue weighted by Gasteiger charge is 2.33. The minimum absolute atomic E-state index is 0.0201. The summed E-state index contributed by atoms with van der Waals surface area (Å²) in [6, 6.07) is 8.35. The van der Waals surface area contributed by atoms with Crippen molar-refractivity contribution in [3.63, 3.8) is 0 Å². The van der Waals surface area contributed by atoms with Crippen LogP contribution < -0.4 is 5.32 Å². The van der Waals surface area contributed by atoms with Crippen molar-refractivity contribution in [2.45, 2.75) is 57.5 Å². The van der Waals surface area contributed by atoms with Crippen LogP contribution in [-0.2, 0) is 4.79 Å². The molecule has 0 bridgehead atoms. The largest absolute Gasteiger partial charge is 0.348 e. The van der Waals surface area contributed by atoms with E-state index in [1.165, 1.54) is 38.5 Å². The number of nitrogens with zero attached hydrogens (tertiary/aromatic N) is 1. The maximum Gasteiger partial charge on any atom is 0.234 e. The van der Waals surface area contributed by atoms with Gasteiger partial charge in [0.1, 0.15) is 0 Å². The monoisotopic (exact) mass is 334 g/mol. The lowest BCUT2D eigenvalue weighted by Gasteiger charge is -2.43. The number of halogens is 1. The van der Waals surface area contributed by atoms with E-state index < -0.39 is 0 Å². The van der Waals surface area contributed by atoms with Crippen LogP contribution in [0, 0.1) is 5.92 Å². The first-order valence-electron chi connectivity index (χ1n) is 8.92. The molecule has 0 aromatic heterocycles. The Labute approximate surface area is 144 Å². The zero-order valence-electron chi connectivity index (χ0n) is 13.9. The summed E-state index contributed by atoms with van der Waals surface area (Å²) in [6.07, 6.45) is 7.90. The zero-order valence-corrected chi connectivity index (χ0v) is 14.7. The number of likely N-dealkylation sites (tertiary alicyclic amines) is 1. The van der Waals surface area contributed by atoms with Gasteiger partial charge in [-0.05, 0) is 62.8 Å². The predicted molar refractivity (Wildman–Crippen MR) is 94.6 cm³/mol. The van der Waals surface area contributed by atoms with E-state index in [9.17, 15) is 4.79 Å². The highest BCUT2D eigenvalue weighted by Crippen LogP contribution is 2.35. The molecular formula is C19H27ClN2O. The van der Waals surface area contributed by atoms with Crippen LogP contribution in [0.1, 0.15) is 57.1 Å². The first-order chi connectivity index (χ1) is 11.1. The van der Waals surface area contributed by atoms with Gasteiger partial charge < -0.3 is 5.32 Å². The van der Waals surface area contributed by atoms with Crippen molar-refractivity contribution in [3.05, 3.63) is 34.9 Å². The maximum absolute atomic E-state index is 12.5. The van der Waals surface area contributed by atoms with Gasteiger partial charge in [0.25, 0.3) is 0 Å². The van der Waals surface area contributed by atoms with Gasteiger partial charge in [-0.1, -0.05) is 36.6 Å². The minimum atomic E-state index is 0.0201. The Morgan fingerprint density at radius 2 is 1.91 bits per heavy atom. The predicted octanol–water partition coefficient (Wildman–Crippen LogP) is 4.17. The molecular weight excluding hydrogens is 308 g/mol. The van der Waals surface area contributed by atoms with E-state index in [0.717, 1.165) is 23.0 Å². The molecule has 3 nitrogen and oxygen atoms in total. The molecule has 1 amide bonds. The number of nitrogens with one attached hydrogen (secondary N) is 1. The summed E-state index contributed by atoms with van der Waals surface area (Å²) in [4.78, 5) is 14.9. The fourth-order valence-corrected chi connectivity index (χ4v) is 4.36. The zero-order chi connectivity index (χ0) is 16.2. The van der Waals surface area contributed by atoms with Gasteiger partial charge in [-0.25, -0.2) is 0 Å². The molecule has 126 valence electrons. The van der Waals surface area contributed by atoms with Gasteiger partial charge in [0.05, 0.1) is 12.6 Å². The second kappa shape index (κ2) is 7.67. The second-order valence-electron chi connectivity index (χ2n) is 7.07. The van der Waals surface area contributed by atoms with E-state index in [1.54, 1.807) is 0 Å². The summed E-state index contributed by atoms with van der Waals surface area (Å²) in [5.74, 6) is 0.956. The van der Waals surface area contributed by atoms with Gasteiger partial charge in [0.15, 0.2) is 0 Å². The molecule has 3 atom stereocenters. The van der Waals surface area contributed by atoms with Gasteiger partial charge in [0, 0.05) is 11.1 Å². The molecule has 1 N–H and O–H groups in total. The van der Waals surface area contributed by atoms with E-state index in [2.05, 4.69) is 10.2 Å². The molecule has 1 aliphatic heterocycles. The number of rotatable bonds is 4. The Kier molecular flexibility index (Phi) is 5.60. The average Bonchev–Trinajstić information content (AvgIpc) is 2.55. The number of fused-ring (bicyclic) bond motifs is 1.